The van der Waals surface area contributed by atoms with E-state index in [1.165, 1.54) is 141 Å². The van der Waals surface area contributed by atoms with E-state index in [9.17, 15) is 9.59 Å². The topological polar surface area (TPSA) is 61.8 Å². The van der Waals surface area contributed by atoms with Crippen molar-refractivity contribution < 1.29 is 23.8 Å². The second kappa shape index (κ2) is 25.1. The molecule has 3 atom stereocenters. The van der Waals surface area contributed by atoms with E-state index in [0.717, 1.165) is 32.1 Å². The average Bonchev–Trinajstić information content (AvgIpc) is 3.00. The molecule has 2 aliphatic heterocycles. The molecule has 2 heterocycles. The Hall–Kier alpha value is -1.10. The summed E-state index contributed by atoms with van der Waals surface area (Å²) in [6.45, 7) is 5.41. The molecule has 1 saturated carbocycles. The van der Waals surface area contributed by atoms with Crippen molar-refractivity contribution in [2.75, 3.05) is 13.2 Å². The van der Waals surface area contributed by atoms with Gasteiger partial charge in [0.1, 0.15) is 0 Å². The molecule has 1 aliphatic carbocycles. The third kappa shape index (κ3) is 16.2. The molecule has 0 amide bonds. The standard InChI is InChI=1S/C38H70O5/c1-3-5-7-9-11-13-15-17-19-21-23-25-27-31-41-36(39)35-30-29-34-33-38(35,43-34)37(40)42-32-28-26-24-22-20-18-16-14-12-10-8-6-4-2/h34-35H,3-33H2,1-2H3. The van der Waals surface area contributed by atoms with Crippen molar-refractivity contribution in [2.24, 2.45) is 5.92 Å². The van der Waals surface area contributed by atoms with Crippen molar-refractivity contribution >= 4 is 11.9 Å². The number of hydrogen-bond acceptors (Lipinski definition) is 5. The highest BCUT2D eigenvalue weighted by Crippen LogP contribution is 2.49. The number of fused-ring (bicyclic) bond motifs is 2. The van der Waals surface area contributed by atoms with Gasteiger partial charge in [-0.1, -0.05) is 168 Å². The fourth-order valence-corrected chi connectivity index (χ4v) is 6.98. The molecule has 0 radical (unpaired) electrons. The van der Waals surface area contributed by atoms with Crippen LogP contribution in [0.15, 0.2) is 0 Å². The molecule has 3 aliphatic rings. The van der Waals surface area contributed by atoms with Crippen molar-refractivity contribution in [1.82, 2.24) is 0 Å². The highest BCUT2D eigenvalue weighted by molar-refractivity contribution is 5.89. The Kier molecular flexibility index (Phi) is 22.3. The molecule has 252 valence electrons. The number of hydrogen-bond donors (Lipinski definition) is 0. The van der Waals surface area contributed by atoms with Crippen LogP contribution in [0.4, 0.5) is 0 Å². The predicted molar refractivity (Wildman–Crippen MR) is 178 cm³/mol. The molecule has 2 saturated heterocycles. The molecule has 0 aromatic carbocycles. The summed E-state index contributed by atoms with van der Waals surface area (Å²) in [6.07, 6.45) is 35.8. The Balaban J connectivity index is 1.46. The normalized spacial score (nSPS) is 21.0. The quantitative estimate of drug-likeness (QED) is 0.0601. The van der Waals surface area contributed by atoms with Crippen LogP contribution in [-0.4, -0.2) is 36.9 Å². The SMILES string of the molecule is CCCCCCCCCCCCCCCOC(=O)C1CCC2CC1(C(=O)OCCCCCCCCCCCCCCC)O2. The summed E-state index contributed by atoms with van der Waals surface area (Å²) in [7, 11) is 0. The Morgan fingerprint density at radius 2 is 0.884 bits per heavy atom. The third-order valence-electron chi connectivity index (χ3n) is 9.85. The Morgan fingerprint density at radius 1 is 0.535 bits per heavy atom. The van der Waals surface area contributed by atoms with E-state index in [-0.39, 0.29) is 18.0 Å². The monoisotopic (exact) mass is 607 g/mol. The van der Waals surface area contributed by atoms with Gasteiger partial charge in [0.2, 0.25) is 0 Å². The first-order valence-electron chi connectivity index (χ1n) is 19.2. The Labute approximate surface area is 266 Å². The number of ether oxygens (including phenoxy) is 3. The van der Waals surface area contributed by atoms with Crippen LogP contribution in [0.25, 0.3) is 0 Å². The van der Waals surface area contributed by atoms with Gasteiger partial charge in [-0.05, 0) is 25.7 Å². The van der Waals surface area contributed by atoms with Crippen LogP contribution in [-0.2, 0) is 23.8 Å². The number of carbonyl (C=O) groups is 2. The van der Waals surface area contributed by atoms with Gasteiger partial charge in [-0.3, -0.25) is 4.79 Å². The minimum Gasteiger partial charge on any atom is -0.465 e. The van der Waals surface area contributed by atoms with E-state index < -0.39 is 11.5 Å². The largest absolute Gasteiger partial charge is 0.465 e. The van der Waals surface area contributed by atoms with E-state index in [1.807, 2.05) is 0 Å². The van der Waals surface area contributed by atoms with Crippen molar-refractivity contribution in [3.63, 3.8) is 0 Å². The van der Waals surface area contributed by atoms with E-state index in [4.69, 9.17) is 14.2 Å². The average molecular weight is 607 g/mol. The van der Waals surface area contributed by atoms with Gasteiger partial charge in [-0.15, -0.1) is 0 Å². The molecular weight excluding hydrogens is 536 g/mol. The number of carbonyl (C=O) groups excluding carboxylic acids is 2. The number of esters is 2. The van der Waals surface area contributed by atoms with Crippen molar-refractivity contribution in [3.8, 4) is 0 Å². The van der Waals surface area contributed by atoms with Gasteiger partial charge >= 0.3 is 11.9 Å². The van der Waals surface area contributed by atoms with E-state index in [0.29, 0.717) is 26.1 Å². The lowest BCUT2D eigenvalue weighted by Crippen LogP contribution is -2.66. The van der Waals surface area contributed by atoms with Gasteiger partial charge in [-0.2, -0.15) is 0 Å². The first-order chi connectivity index (χ1) is 21.1. The van der Waals surface area contributed by atoms with Crippen molar-refractivity contribution in [3.05, 3.63) is 0 Å². The van der Waals surface area contributed by atoms with Crippen LogP contribution in [0.1, 0.15) is 200 Å². The number of unbranched alkanes of at least 4 members (excludes halogenated alkanes) is 24. The zero-order valence-electron chi connectivity index (χ0n) is 28.6. The Morgan fingerprint density at radius 3 is 1.28 bits per heavy atom. The minimum absolute atomic E-state index is 0.0917. The molecule has 0 spiro atoms. The lowest BCUT2D eigenvalue weighted by Gasteiger charge is -2.53. The molecule has 5 nitrogen and oxygen atoms in total. The lowest BCUT2D eigenvalue weighted by atomic mass is 9.69. The van der Waals surface area contributed by atoms with Gasteiger partial charge in [0.15, 0.2) is 5.60 Å². The predicted octanol–water partition coefficient (Wildman–Crippen LogP) is 11.2. The molecule has 0 N–H and O–H groups in total. The summed E-state index contributed by atoms with van der Waals surface area (Å²) in [5.74, 6) is -1.13. The lowest BCUT2D eigenvalue weighted by molar-refractivity contribution is -0.268. The van der Waals surface area contributed by atoms with Gasteiger partial charge in [0, 0.05) is 6.42 Å². The van der Waals surface area contributed by atoms with Gasteiger partial charge < -0.3 is 14.2 Å². The summed E-state index contributed by atoms with van der Waals surface area (Å²) in [4.78, 5) is 26.0. The first kappa shape index (κ1) is 38.1. The maximum absolute atomic E-state index is 13.0. The van der Waals surface area contributed by atoms with Gasteiger partial charge in [0.25, 0.3) is 0 Å². The molecule has 3 fully saturated rings. The van der Waals surface area contributed by atoms with Gasteiger partial charge in [-0.25, -0.2) is 4.79 Å². The molecule has 43 heavy (non-hydrogen) atoms. The highest BCUT2D eigenvalue weighted by Gasteiger charge is 2.63. The van der Waals surface area contributed by atoms with Crippen LogP contribution in [0, 0.1) is 5.92 Å². The van der Waals surface area contributed by atoms with Crippen LogP contribution in [0.3, 0.4) is 0 Å². The third-order valence-corrected chi connectivity index (χ3v) is 9.85. The molecular formula is C38H70O5. The first-order valence-corrected chi connectivity index (χ1v) is 19.2. The summed E-state index contributed by atoms with van der Waals surface area (Å²) >= 11 is 0. The maximum atomic E-state index is 13.0. The summed E-state index contributed by atoms with van der Waals surface area (Å²) < 4.78 is 17.3. The molecule has 5 heteroatoms. The van der Waals surface area contributed by atoms with Crippen molar-refractivity contribution in [1.29, 1.82) is 0 Å². The summed E-state index contributed by atoms with van der Waals surface area (Å²) in [6, 6.07) is 0. The van der Waals surface area contributed by atoms with Crippen molar-refractivity contribution in [2.45, 2.75) is 212 Å². The van der Waals surface area contributed by atoms with Crippen LogP contribution in [0.5, 0.6) is 0 Å². The molecule has 3 rings (SSSR count). The van der Waals surface area contributed by atoms with E-state index in [1.54, 1.807) is 0 Å². The van der Waals surface area contributed by atoms with Crippen LogP contribution >= 0.6 is 0 Å². The summed E-state index contributed by atoms with van der Waals surface area (Å²) in [5, 5.41) is 0. The van der Waals surface area contributed by atoms with Gasteiger partial charge in [0.05, 0.1) is 25.2 Å². The van der Waals surface area contributed by atoms with Crippen LogP contribution in [0.2, 0.25) is 0 Å². The second-order valence-corrected chi connectivity index (χ2v) is 13.8. The zero-order chi connectivity index (χ0) is 30.9. The number of rotatable bonds is 30. The minimum atomic E-state index is -1.09. The smallest absolute Gasteiger partial charge is 0.339 e. The molecule has 2 bridgehead atoms. The fourth-order valence-electron chi connectivity index (χ4n) is 6.98. The Bertz CT molecular complexity index is 686. The molecule has 3 unspecified atom stereocenters. The molecule has 0 aromatic rings. The highest BCUT2D eigenvalue weighted by atomic mass is 16.6. The van der Waals surface area contributed by atoms with Crippen LogP contribution < -0.4 is 0 Å². The molecule has 0 aromatic heterocycles. The second-order valence-electron chi connectivity index (χ2n) is 13.8. The van der Waals surface area contributed by atoms with E-state index in [2.05, 4.69) is 13.8 Å². The fraction of sp³-hybridized carbons (Fsp3) is 0.947. The zero-order valence-corrected chi connectivity index (χ0v) is 28.6. The summed E-state index contributed by atoms with van der Waals surface area (Å²) in [5.41, 5.74) is -1.09. The van der Waals surface area contributed by atoms with E-state index >= 15 is 0 Å². The maximum Gasteiger partial charge on any atom is 0.339 e.